The molecule has 0 bridgehead atoms. The maximum atomic E-state index is 6.88. The van der Waals surface area contributed by atoms with Crippen LogP contribution < -0.4 is 45.0 Å². The lowest BCUT2D eigenvalue weighted by Crippen LogP contribution is -2.37. The Balaban J connectivity index is 1.50. The highest BCUT2D eigenvalue weighted by Gasteiger charge is 2.58. The van der Waals surface area contributed by atoms with Gasteiger partial charge in [0.15, 0.2) is 11.5 Å². The zero-order valence-electron chi connectivity index (χ0n) is 27.0. The second-order valence-corrected chi connectivity index (χ2v) is 16.2. The first-order valence-electron chi connectivity index (χ1n) is 15.6. The van der Waals surface area contributed by atoms with E-state index in [1.54, 1.807) is 72.8 Å². The van der Waals surface area contributed by atoms with Crippen molar-refractivity contribution in [2.45, 2.75) is 0 Å². The number of hydrogen-bond donors (Lipinski definition) is 3. The fourth-order valence-corrected chi connectivity index (χ4v) is 12.1. The summed E-state index contributed by atoms with van der Waals surface area (Å²) in [5.74, 6) is 2.35. The van der Waals surface area contributed by atoms with Crippen LogP contribution in [0.15, 0.2) is 168 Å². The molecule has 6 aromatic carbocycles. The van der Waals surface area contributed by atoms with Crippen molar-refractivity contribution in [3.8, 4) is 34.5 Å². The second kappa shape index (κ2) is 15.6. The van der Waals surface area contributed by atoms with E-state index in [0.29, 0.717) is 40.1 Å². The monoisotopic (exact) mass is 738 g/mol. The zero-order valence-corrected chi connectivity index (χ0v) is 29.6. The number of nitrogens with zero attached hydrogens (tertiary/aromatic N) is 3. The molecular weight excluding hydrogens is 705 g/mol. The maximum absolute atomic E-state index is 6.88. The van der Waals surface area contributed by atoms with Gasteiger partial charge in [0, 0.05) is 9.21 Å². The highest BCUT2D eigenvalue weighted by Crippen LogP contribution is 2.78. The Labute approximate surface area is 297 Å². The van der Waals surface area contributed by atoms with Crippen LogP contribution in [0.1, 0.15) is 0 Å². The van der Waals surface area contributed by atoms with Crippen LogP contribution in [0.2, 0.25) is 0 Å². The number of nitrogens with two attached hydrogens (primary N) is 3. The summed E-state index contributed by atoms with van der Waals surface area (Å²) in [6.45, 7) is 0. The van der Waals surface area contributed by atoms with Crippen molar-refractivity contribution in [1.82, 2.24) is 9.21 Å². The Morgan fingerprint density at radius 3 is 1.35 bits per heavy atom. The van der Waals surface area contributed by atoms with Crippen LogP contribution in [0.25, 0.3) is 0 Å². The number of hydrogen-bond acceptors (Lipinski definition) is 12. The summed E-state index contributed by atoms with van der Waals surface area (Å²) in [4.78, 5) is 13.4. The van der Waals surface area contributed by atoms with Crippen molar-refractivity contribution in [2.24, 2.45) is 4.52 Å². The predicted molar refractivity (Wildman–Crippen MR) is 203 cm³/mol. The van der Waals surface area contributed by atoms with Crippen molar-refractivity contribution < 1.29 is 27.8 Å². The third-order valence-corrected chi connectivity index (χ3v) is 13.8. The molecule has 0 spiro atoms. The van der Waals surface area contributed by atoms with Crippen molar-refractivity contribution in [3.05, 3.63) is 164 Å². The van der Waals surface area contributed by atoms with Crippen LogP contribution in [0, 0.1) is 0 Å². The molecule has 6 N–H and O–H groups in total. The van der Waals surface area contributed by atoms with Gasteiger partial charge in [0.25, 0.3) is 0 Å². The minimum Gasteiger partial charge on any atom is -0.440 e. The molecule has 0 radical (unpaired) electrons. The standard InChI is InChI=1S/C36H33N6O6P3/c37-31-22-10-13-25-34(31)46-49-40-51(47-35-26-14-11-23-32(35)38,48-36-27-15-12-24-33(36)39)42(44-29-18-6-2-7-19-29)50(45-30-20-8-3-9-21-30)41(49)43-28-16-4-1-5-17-28/h1-27H,37-39H2. The fraction of sp³-hybridized carbons (Fsp3) is 0. The van der Waals surface area contributed by atoms with Crippen LogP contribution >= 0.6 is 24.6 Å². The molecule has 0 amide bonds. The summed E-state index contributed by atoms with van der Waals surface area (Å²) in [6.07, 6.45) is 0. The van der Waals surface area contributed by atoms with Gasteiger partial charge in [0.05, 0.1) is 17.1 Å². The summed E-state index contributed by atoms with van der Waals surface area (Å²) in [6, 6.07) is 48.8. The molecule has 15 heteroatoms. The molecule has 1 aliphatic heterocycles. The normalized spacial score (nSPS) is 17.0. The lowest BCUT2D eigenvalue weighted by molar-refractivity contribution is 0.0546. The summed E-state index contributed by atoms with van der Waals surface area (Å²) < 4.78 is 35.5. The molecule has 51 heavy (non-hydrogen) atoms. The van der Waals surface area contributed by atoms with E-state index in [9.17, 15) is 0 Å². The van der Waals surface area contributed by atoms with Gasteiger partial charge in [-0.2, -0.15) is 0 Å². The molecular formula is C36H33N6O6P3. The van der Waals surface area contributed by atoms with Crippen LogP contribution in [0.3, 0.4) is 0 Å². The average molecular weight is 739 g/mol. The van der Waals surface area contributed by atoms with Crippen LogP contribution in [-0.4, -0.2) is 9.21 Å². The Kier molecular flexibility index (Phi) is 10.4. The van der Waals surface area contributed by atoms with Gasteiger partial charge in [-0.15, -0.1) is 4.52 Å². The number of nitrogen functional groups attached to an aromatic ring is 3. The third kappa shape index (κ3) is 7.97. The molecule has 0 saturated carbocycles. The zero-order chi connectivity index (χ0) is 35.0. The Morgan fingerprint density at radius 2 is 0.863 bits per heavy atom. The molecule has 0 aromatic heterocycles. The lowest BCUT2D eigenvalue weighted by Gasteiger charge is -2.43. The highest BCUT2D eigenvalue weighted by atomic mass is 31.3. The Bertz CT molecular complexity index is 2070. The van der Waals surface area contributed by atoms with Crippen LogP contribution in [0.4, 0.5) is 17.1 Å². The maximum Gasteiger partial charge on any atom is 0.447 e. The van der Waals surface area contributed by atoms with Gasteiger partial charge in [-0.25, -0.2) is 0 Å². The summed E-state index contributed by atoms with van der Waals surface area (Å²) in [5, 5.41) is 0. The summed E-state index contributed by atoms with van der Waals surface area (Å²) >= 11 is 0. The molecule has 258 valence electrons. The van der Waals surface area contributed by atoms with E-state index >= 15 is 0 Å². The Morgan fingerprint density at radius 1 is 0.451 bits per heavy atom. The van der Waals surface area contributed by atoms with E-state index in [4.69, 9.17) is 49.5 Å². The minimum atomic E-state index is -3.99. The second-order valence-electron chi connectivity index (χ2n) is 10.7. The number of rotatable bonds is 12. The smallest absolute Gasteiger partial charge is 0.440 e. The summed E-state index contributed by atoms with van der Waals surface area (Å²) in [7, 11) is -8.48. The first-order chi connectivity index (χ1) is 25.0. The van der Waals surface area contributed by atoms with E-state index in [2.05, 4.69) is 0 Å². The van der Waals surface area contributed by atoms with Crippen molar-refractivity contribution >= 4 is 41.6 Å². The van der Waals surface area contributed by atoms with Gasteiger partial charge in [0.1, 0.15) is 23.0 Å². The first kappa shape index (κ1) is 34.0. The average Bonchev–Trinajstić information content (AvgIpc) is 3.15. The molecule has 1 aliphatic rings. The molecule has 1 heterocycles. The molecule has 0 aliphatic carbocycles. The van der Waals surface area contributed by atoms with E-state index in [1.165, 1.54) is 9.21 Å². The van der Waals surface area contributed by atoms with Gasteiger partial charge in [-0.05, 0) is 72.8 Å². The van der Waals surface area contributed by atoms with Gasteiger partial charge in [-0.1, -0.05) is 91.0 Å². The quantitative estimate of drug-likeness (QED) is 0.0812. The van der Waals surface area contributed by atoms with E-state index < -0.39 is 24.6 Å². The highest BCUT2D eigenvalue weighted by molar-refractivity contribution is 7.78. The molecule has 0 fully saturated rings. The summed E-state index contributed by atoms with van der Waals surface area (Å²) in [5.41, 5.74) is 20.5. The van der Waals surface area contributed by atoms with Crippen molar-refractivity contribution in [3.63, 3.8) is 0 Å². The molecule has 2 atom stereocenters. The van der Waals surface area contributed by atoms with Crippen molar-refractivity contribution in [1.29, 1.82) is 0 Å². The van der Waals surface area contributed by atoms with E-state index in [0.717, 1.165) is 0 Å². The van der Waals surface area contributed by atoms with Gasteiger partial charge in [0.2, 0.25) is 0 Å². The molecule has 12 nitrogen and oxygen atoms in total. The molecule has 6 aromatic rings. The lowest BCUT2D eigenvalue weighted by atomic mass is 10.3. The SMILES string of the molecule is Nc1ccccc1OP1N=P(Oc2ccccc2N)(Oc2ccccc2N)N(Oc2ccccc2)P(Oc2ccccc2)N1Oc1ccccc1. The largest absolute Gasteiger partial charge is 0.447 e. The number of benzene rings is 6. The first-order valence-corrected chi connectivity index (χ1v) is 19.5. The van der Waals surface area contributed by atoms with Crippen LogP contribution in [0.5, 0.6) is 34.5 Å². The van der Waals surface area contributed by atoms with Crippen molar-refractivity contribution in [2.75, 3.05) is 17.2 Å². The fourth-order valence-electron chi connectivity index (χ4n) is 4.56. The van der Waals surface area contributed by atoms with Gasteiger partial charge >= 0.3 is 24.6 Å². The predicted octanol–water partition coefficient (Wildman–Crippen LogP) is 10.1. The number of anilines is 3. The number of para-hydroxylation sites is 9. The van der Waals surface area contributed by atoms with Gasteiger partial charge in [-0.3, -0.25) is 0 Å². The minimum absolute atomic E-state index is 0.284. The Hall–Kier alpha value is -5.47. The molecule has 0 saturated heterocycles. The molecule has 2 unspecified atom stereocenters. The van der Waals surface area contributed by atoms with E-state index in [-0.39, 0.29) is 11.5 Å². The third-order valence-electron chi connectivity index (χ3n) is 7.01. The van der Waals surface area contributed by atoms with E-state index in [1.807, 2.05) is 91.0 Å². The molecule has 7 rings (SSSR count). The van der Waals surface area contributed by atoms with Gasteiger partial charge < -0.3 is 45.0 Å². The van der Waals surface area contributed by atoms with Crippen LogP contribution in [-0.2, 0) is 0 Å². The topological polar surface area (TPSA) is 152 Å².